The van der Waals surface area contributed by atoms with Gasteiger partial charge in [0.1, 0.15) is 5.60 Å². The first-order valence-corrected chi connectivity index (χ1v) is 8.05. The molecule has 6 nitrogen and oxygen atoms in total. The summed E-state index contributed by atoms with van der Waals surface area (Å²) in [6.45, 7) is 5.33. The second-order valence-electron chi connectivity index (χ2n) is 7.22. The zero-order chi connectivity index (χ0) is 16.8. The summed E-state index contributed by atoms with van der Waals surface area (Å²) in [4.78, 5) is 22.9. The van der Waals surface area contributed by atoms with Gasteiger partial charge in [-0.3, -0.25) is 0 Å². The number of nitrogens with one attached hydrogen (secondary N) is 1. The van der Waals surface area contributed by atoms with Gasteiger partial charge < -0.3 is 20.3 Å². The van der Waals surface area contributed by atoms with Gasteiger partial charge in [0.05, 0.1) is 0 Å². The quantitative estimate of drug-likeness (QED) is 0.700. The highest BCUT2D eigenvalue weighted by Gasteiger charge is 2.38. The number of rotatable bonds is 6. The summed E-state index contributed by atoms with van der Waals surface area (Å²) in [6, 6.07) is 0. The van der Waals surface area contributed by atoms with Crippen LogP contribution in [0, 0.1) is 5.92 Å². The fraction of sp³-hybridized carbons (Fsp3) is 0.875. The Kier molecular flexibility index (Phi) is 6.66. The van der Waals surface area contributed by atoms with Crippen molar-refractivity contribution in [2.24, 2.45) is 5.92 Å². The third kappa shape index (κ3) is 6.64. The minimum absolute atomic E-state index is 0.0158. The van der Waals surface area contributed by atoms with Gasteiger partial charge in [0.25, 0.3) is 0 Å². The first-order valence-electron chi connectivity index (χ1n) is 8.05. The van der Waals surface area contributed by atoms with E-state index in [-0.39, 0.29) is 25.3 Å². The number of carboxylic acids is 1. The highest BCUT2D eigenvalue weighted by Crippen LogP contribution is 2.32. The molecule has 0 saturated heterocycles. The molecule has 0 aromatic heterocycles. The Morgan fingerprint density at radius 1 is 1.18 bits per heavy atom. The Balaban J connectivity index is 2.46. The first kappa shape index (κ1) is 18.7. The number of hydrogen-bond donors (Lipinski definition) is 3. The Bertz CT molecular complexity index is 384. The summed E-state index contributed by atoms with van der Waals surface area (Å²) in [5.41, 5.74) is -2.38. The first-order chi connectivity index (χ1) is 10.1. The summed E-state index contributed by atoms with van der Waals surface area (Å²) < 4.78 is 5.08. The normalized spacial score (nSPS) is 19.3. The maximum Gasteiger partial charge on any atom is 0.407 e. The van der Waals surface area contributed by atoms with Crippen LogP contribution in [-0.2, 0) is 9.53 Å². The molecule has 0 radical (unpaired) electrons. The molecule has 0 spiro atoms. The van der Waals surface area contributed by atoms with Gasteiger partial charge in [0.2, 0.25) is 0 Å². The van der Waals surface area contributed by atoms with E-state index >= 15 is 0 Å². The van der Waals surface area contributed by atoms with Crippen LogP contribution in [0.2, 0.25) is 0 Å². The molecule has 0 aromatic carbocycles. The largest absolute Gasteiger partial charge is 0.479 e. The number of carbonyl (C=O) groups is 2. The van der Waals surface area contributed by atoms with E-state index in [0.29, 0.717) is 0 Å². The SMILES string of the molecule is CC(C)(C)OC(=O)NCC[C@@](O)(CC1CCCCC1)C(=O)O. The van der Waals surface area contributed by atoms with E-state index in [1.165, 1.54) is 6.42 Å². The van der Waals surface area contributed by atoms with E-state index in [2.05, 4.69) is 5.32 Å². The van der Waals surface area contributed by atoms with Gasteiger partial charge in [-0.15, -0.1) is 0 Å². The molecular weight excluding hydrogens is 286 g/mol. The lowest BCUT2D eigenvalue weighted by molar-refractivity contribution is -0.161. The van der Waals surface area contributed by atoms with Gasteiger partial charge in [-0.25, -0.2) is 9.59 Å². The van der Waals surface area contributed by atoms with Crippen molar-refractivity contribution in [3.05, 3.63) is 0 Å². The van der Waals surface area contributed by atoms with Crippen molar-refractivity contribution in [3.63, 3.8) is 0 Å². The molecule has 0 heterocycles. The minimum Gasteiger partial charge on any atom is -0.479 e. The predicted octanol–water partition coefficient (Wildman–Crippen LogP) is 2.69. The maximum absolute atomic E-state index is 11.5. The van der Waals surface area contributed by atoms with Crippen LogP contribution >= 0.6 is 0 Å². The van der Waals surface area contributed by atoms with Crippen molar-refractivity contribution in [1.29, 1.82) is 0 Å². The number of carbonyl (C=O) groups excluding carboxylic acids is 1. The molecule has 0 aliphatic heterocycles. The molecule has 1 aliphatic rings. The summed E-state index contributed by atoms with van der Waals surface area (Å²) in [6.07, 6.45) is 4.94. The second kappa shape index (κ2) is 7.81. The van der Waals surface area contributed by atoms with E-state index in [1.54, 1.807) is 20.8 Å². The van der Waals surface area contributed by atoms with Crippen LogP contribution in [0.5, 0.6) is 0 Å². The van der Waals surface area contributed by atoms with Gasteiger partial charge in [-0.2, -0.15) is 0 Å². The van der Waals surface area contributed by atoms with Gasteiger partial charge >= 0.3 is 12.1 Å². The zero-order valence-corrected chi connectivity index (χ0v) is 13.9. The Labute approximate surface area is 132 Å². The van der Waals surface area contributed by atoms with Crippen molar-refractivity contribution in [2.75, 3.05) is 6.54 Å². The molecule has 1 aliphatic carbocycles. The molecule has 3 N–H and O–H groups in total. The minimum atomic E-state index is -1.78. The third-order valence-corrected chi connectivity index (χ3v) is 3.96. The number of hydrogen-bond acceptors (Lipinski definition) is 4. The average Bonchev–Trinajstić information content (AvgIpc) is 2.37. The van der Waals surface area contributed by atoms with Crippen LogP contribution in [0.4, 0.5) is 4.79 Å². The third-order valence-electron chi connectivity index (χ3n) is 3.96. The molecule has 1 rings (SSSR count). The fourth-order valence-corrected chi connectivity index (χ4v) is 2.85. The van der Waals surface area contributed by atoms with Crippen molar-refractivity contribution >= 4 is 12.1 Å². The Hall–Kier alpha value is -1.30. The van der Waals surface area contributed by atoms with Crippen LogP contribution in [0.1, 0.15) is 65.7 Å². The van der Waals surface area contributed by atoms with E-state index in [1.807, 2.05) is 0 Å². The molecule has 1 atom stereocenters. The number of alkyl carbamates (subject to hydrolysis) is 1. The van der Waals surface area contributed by atoms with E-state index in [4.69, 9.17) is 4.74 Å². The molecule has 0 aromatic rings. The van der Waals surface area contributed by atoms with E-state index in [0.717, 1.165) is 25.7 Å². The molecular formula is C16H29NO5. The smallest absolute Gasteiger partial charge is 0.407 e. The molecule has 128 valence electrons. The van der Waals surface area contributed by atoms with Gasteiger partial charge in [-0.05, 0) is 33.1 Å². The molecule has 0 bridgehead atoms. The maximum atomic E-state index is 11.5. The van der Waals surface area contributed by atoms with Crippen LogP contribution < -0.4 is 5.32 Å². The highest BCUT2D eigenvalue weighted by atomic mass is 16.6. The molecule has 1 fully saturated rings. The fourth-order valence-electron chi connectivity index (χ4n) is 2.85. The second-order valence-corrected chi connectivity index (χ2v) is 7.22. The number of aliphatic carboxylic acids is 1. The summed E-state index contributed by atoms with van der Waals surface area (Å²) in [7, 11) is 0. The van der Waals surface area contributed by atoms with Crippen LogP contribution in [0.3, 0.4) is 0 Å². The lowest BCUT2D eigenvalue weighted by atomic mass is 9.79. The molecule has 1 amide bonds. The highest BCUT2D eigenvalue weighted by molar-refractivity contribution is 5.77. The van der Waals surface area contributed by atoms with Crippen LogP contribution in [0.15, 0.2) is 0 Å². The Morgan fingerprint density at radius 3 is 2.27 bits per heavy atom. The number of carboxylic acid groups (broad SMARTS) is 1. The molecule has 0 unspecified atom stereocenters. The summed E-state index contributed by atoms with van der Waals surface area (Å²) in [5, 5.41) is 22.2. The van der Waals surface area contributed by atoms with Gasteiger partial charge in [-0.1, -0.05) is 32.1 Å². The van der Waals surface area contributed by atoms with Gasteiger partial charge in [0.15, 0.2) is 5.60 Å². The van der Waals surface area contributed by atoms with Crippen molar-refractivity contribution < 1.29 is 24.5 Å². The van der Waals surface area contributed by atoms with Crippen molar-refractivity contribution in [3.8, 4) is 0 Å². The number of ether oxygens (including phenoxy) is 1. The van der Waals surface area contributed by atoms with E-state index in [9.17, 15) is 19.8 Å². The summed E-state index contributed by atoms with van der Waals surface area (Å²) in [5.74, 6) is -0.972. The molecule has 6 heteroatoms. The van der Waals surface area contributed by atoms with Crippen molar-refractivity contribution in [2.45, 2.75) is 76.9 Å². The zero-order valence-electron chi connectivity index (χ0n) is 13.9. The lowest BCUT2D eigenvalue weighted by Gasteiger charge is -2.30. The standard InChI is InChI=1S/C16H29NO5/c1-15(2,3)22-14(20)17-10-9-16(21,13(18)19)11-12-7-5-4-6-8-12/h12,21H,4-11H2,1-3H3,(H,17,20)(H,18,19)/t16-/m1/s1. The number of amides is 1. The lowest BCUT2D eigenvalue weighted by Crippen LogP contribution is -2.44. The van der Waals surface area contributed by atoms with E-state index < -0.39 is 23.3 Å². The number of aliphatic hydroxyl groups is 1. The Morgan fingerprint density at radius 2 is 1.77 bits per heavy atom. The van der Waals surface area contributed by atoms with Crippen LogP contribution in [-0.4, -0.2) is 40.0 Å². The van der Waals surface area contributed by atoms with Gasteiger partial charge in [0, 0.05) is 13.0 Å². The molecule has 1 saturated carbocycles. The average molecular weight is 315 g/mol. The topological polar surface area (TPSA) is 95.9 Å². The monoisotopic (exact) mass is 315 g/mol. The van der Waals surface area contributed by atoms with Crippen LogP contribution in [0.25, 0.3) is 0 Å². The van der Waals surface area contributed by atoms with Crippen molar-refractivity contribution in [1.82, 2.24) is 5.32 Å². The predicted molar refractivity (Wildman–Crippen MR) is 82.6 cm³/mol. The summed E-state index contributed by atoms with van der Waals surface area (Å²) >= 11 is 0. The molecule has 22 heavy (non-hydrogen) atoms.